The lowest BCUT2D eigenvalue weighted by atomic mass is 10.1. The minimum atomic E-state index is -0.366. The summed E-state index contributed by atoms with van der Waals surface area (Å²) in [6.07, 6.45) is 4.00. The first kappa shape index (κ1) is 21.7. The van der Waals surface area contributed by atoms with Crippen molar-refractivity contribution in [3.63, 3.8) is 0 Å². The van der Waals surface area contributed by atoms with Gasteiger partial charge < -0.3 is 19.1 Å². The van der Waals surface area contributed by atoms with Crippen molar-refractivity contribution < 1.29 is 19.1 Å². The van der Waals surface area contributed by atoms with Crippen molar-refractivity contribution in [1.82, 2.24) is 14.4 Å². The number of amides is 2. The molecule has 1 aromatic heterocycles. The van der Waals surface area contributed by atoms with E-state index in [4.69, 9.17) is 4.74 Å². The minimum Gasteiger partial charge on any atom is -0.462 e. The normalized spacial score (nSPS) is 15.0. The van der Waals surface area contributed by atoms with Crippen LogP contribution in [-0.4, -0.2) is 64.9 Å². The zero-order valence-corrected chi connectivity index (χ0v) is 17.6. The second-order valence-corrected chi connectivity index (χ2v) is 6.94. The Morgan fingerprint density at radius 3 is 2.25 bits per heavy atom. The zero-order chi connectivity index (χ0) is 20.8. The molecule has 2 heterocycles. The van der Waals surface area contributed by atoms with E-state index < -0.39 is 0 Å². The summed E-state index contributed by atoms with van der Waals surface area (Å²) < 4.78 is 7.27. The molecule has 1 aliphatic rings. The van der Waals surface area contributed by atoms with Gasteiger partial charge in [0, 0.05) is 62.7 Å². The maximum absolute atomic E-state index is 12.7. The number of aromatic nitrogens is 1. The van der Waals surface area contributed by atoms with Crippen molar-refractivity contribution in [2.24, 2.45) is 0 Å². The van der Waals surface area contributed by atoms with Crippen LogP contribution in [0.1, 0.15) is 54.5 Å². The van der Waals surface area contributed by atoms with E-state index >= 15 is 0 Å². The Bertz CT molecular complexity index is 779. The van der Waals surface area contributed by atoms with Crippen LogP contribution in [0.25, 0.3) is 6.08 Å². The Hall–Kier alpha value is -2.57. The molecule has 1 fully saturated rings. The van der Waals surface area contributed by atoms with Gasteiger partial charge in [-0.3, -0.25) is 9.59 Å². The standard InChI is InChI=1S/C21H31N3O4/c1-6-24-15(3)18(20(16(24)4)21(27)28-7-2)9-10-19(26)23-12-8-11-22(13-14-23)17(5)25/h9-10H,6-8,11-14H2,1-5H3/b10-9+. The quantitative estimate of drug-likeness (QED) is 0.573. The summed E-state index contributed by atoms with van der Waals surface area (Å²) in [5.74, 6) is -0.438. The molecule has 2 rings (SSSR count). The number of carbonyl (C=O) groups is 3. The molecule has 1 aromatic rings. The second-order valence-electron chi connectivity index (χ2n) is 6.94. The monoisotopic (exact) mass is 389 g/mol. The van der Waals surface area contributed by atoms with E-state index in [9.17, 15) is 14.4 Å². The van der Waals surface area contributed by atoms with E-state index in [1.165, 1.54) is 6.08 Å². The molecule has 7 nitrogen and oxygen atoms in total. The lowest BCUT2D eigenvalue weighted by Gasteiger charge is -2.20. The van der Waals surface area contributed by atoms with Crippen LogP contribution in [-0.2, 0) is 20.9 Å². The molecule has 0 saturated carbocycles. The zero-order valence-electron chi connectivity index (χ0n) is 17.6. The summed E-state index contributed by atoms with van der Waals surface area (Å²) in [7, 11) is 0. The minimum absolute atomic E-state index is 0.0379. The number of rotatable bonds is 5. The maximum Gasteiger partial charge on any atom is 0.340 e. The molecule has 0 unspecified atom stereocenters. The Kier molecular flexibility index (Phi) is 7.43. The van der Waals surface area contributed by atoms with Gasteiger partial charge in [0.2, 0.25) is 11.8 Å². The van der Waals surface area contributed by atoms with E-state index in [1.807, 2.05) is 25.3 Å². The SMILES string of the molecule is CCOC(=O)c1c(/C=C/C(=O)N2CCCN(C(C)=O)CC2)c(C)n(CC)c1C. The van der Waals surface area contributed by atoms with Gasteiger partial charge in [-0.15, -0.1) is 0 Å². The number of ether oxygens (including phenoxy) is 1. The molecule has 2 amide bonds. The molecule has 0 bridgehead atoms. The van der Waals surface area contributed by atoms with Gasteiger partial charge >= 0.3 is 5.97 Å². The molecule has 7 heteroatoms. The Labute approximate surface area is 166 Å². The van der Waals surface area contributed by atoms with Gasteiger partial charge in [-0.2, -0.15) is 0 Å². The number of carbonyl (C=O) groups excluding carboxylic acids is 3. The third-order valence-electron chi connectivity index (χ3n) is 5.27. The van der Waals surface area contributed by atoms with Crippen LogP contribution >= 0.6 is 0 Å². The molecular formula is C21H31N3O4. The number of hydrogen-bond acceptors (Lipinski definition) is 4. The van der Waals surface area contributed by atoms with Crippen molar-refractivity contribution in [1.29, 1.82) is 0 Å². The van der Waals surface area contributed by atoms with Gasteiger partial charge in [0.25, 0.3) is 0 Å². The van der Waals surface area contributed by atoms with Crippen LogP contribution in [0.2, 0.25) is 0 Å². The van der Waals surface area contributed by atoms with Crippen molar-refractivity contribution in [3.8, 4) is 0 Å². The maximum atomic E-state index is 12.7. The number of hydrogen-bond donors (Lipinski definition) is 0. The summed E-state index contributed by atoms with van der Waals surface area (Å²) in [5, 5.41) is 0. The fourth-order valence-corrected chi connectivity index (χ4v) is 3.76. The fourth-order valence-electron chi connectivity index (χ4n) is 3.76. The molecule has 0 radical (unpaired) electrons. The molecule has 1 saturated heterocycles. The Balaban J connectivity index is 2.24. The van der Waals surface area contributed by atoms with Crippen molar-refractivity contribution in [3.05, 3.63) is 28.6 Å². The fraction of sp³-hybridized carbons (Fsp3) is 0.571. The smallest absolute Gasteiger partial charge is 0.340 e. The molecule has 0 aromatic carbocycles. The van der Waals surface area contributed by atoms with Gasteiger partial charge in [-0.1, -0.05) is 0 Å². The van der Waals surface area contributed by atoms with Crippen molar-refractivity contribution in [2.75, 3.05) is 32.8 Å². The predicted octanol–water partition coefficient (Wildman–Crippen LogP) is 2.40. The van der Waals surface area contributed by atoms with Gasteiger partial charge in [0.15, 0.2) is 0 Å². The first-order valence-corrected chi connectivity index (χ1v) is 9.91. The highest BCUT2D eigenvalue weighted by Gasteiger charge is 2.23. The van der Waals surface area contributed by atoms with E-state index in [2.05, 4.69) is 0 Å². The third kappa shape index (κ3) is 4.64. The van der Waals surface area contributed by atoms with E-state index in [0.29, 0.717) is 38.3 Å². The first-order valence-electron chi connectivity index (χ1n) is 9.91. The topological polar surface area (TPSA) is 71.9 Å². The molecule has 154 valence electrons. The molecule has 0 N–H and O–H groups in total. The molecule has 0 atom stereocenters. The lowest BCUT2D eigenvalue weighted by molar-refractivity contribution is -0.130. The molecule has 0 spiro atoms. The Morgan fingerprint density at radius 1 is 1.00 bits per heavy atom. The molecule has 0 aliphatic carbocycles. The van der Waals surface area contributed by atoms with Crippen LogP contribution in [0.5, 0.6) is 0 Å². The average Bonchev–Trinajstić information content (AvgIpc) is 2.82. The van der Waals surface area contributed by atoms with Crippen molar-refractivity contribution >= 4 is 23.9 Å². The summed E-state index contributed by atoms with van der Waals surface area (Å²) in [6.45, 7) is 12.6. The van der Waals surface area contributed by atoms with Gasteiger partial charge in [-0.25, -0.2) is 4.79 Å². The summed E-state index contributed by atoms with van der Waals surface area (Å²) in [6, 6.07) is 0. The summed E-state index contributed by atoms with van der Waals surface area (Å²) in [4.78, 5) is 40.2. The molecular weight excluding hydrogens is 358 g/mol. The summed E-state index contributed by atoms with van der Waals surface area (Å²) >= 11 is 0. The first-order chi connectivity index (χ1) is 13.3. The highest BCUT2D eigenvalue weighted by atomic mass is 16.5. The number of nitrogens with zero attached hydrogens (tertiary/aromatic N) is 3. The molecule has 1 aliphatic heterocycles. The lowest BCUT2D eigenvalue weighted by Crippen LogP contribution is -2.35. The van der Waals surface area contributed by atoms with Crippen LogP contribution in [0.15, 0.2) is 6.08 Å². The average molecular weight is 389 g/mol. The van der Waals surface area contributed by atoms with Crippen molar-refractivity contribution in [2.45, 2.75) is 47.6 Å². The number of esters is 1. The molecule has 28 heavy (non-hydrogen) atoms. The predicted molar refractivity (Wildman–Crippen MR) is 108 cm³/mol. The highest BCUT2D eigenvalue weighted by molar-refractivity contribution is 5.98. The third-order valence-corrected chi connectivity index (χ3v) is 5.27. The van der Waals surface area contributed by atoms with Crippen LogP contribution in [0.3, 0.4) is 0 Å². The van der Waals surface area contributed by atoms with Crippen LogP contribution in [0, 0.1) is 13.8 Å². The largest absolute Gasteiger partial charge is 0.462 e. The van der Waals surface area contributed by atoms with E-state index in [-0.39, 0.29) is 17.8 Å². The summed E-state index contributed by atoms with van der Waals surface area (Å²) in [5.41, 5.74) is 3.03. The van der Waals surface area contributed by atoms with Crippen LogP contribution in [0.4, 0.5) is 0 Å². The van der Waals surface area contributed by atoms with E-state index in [0.717, 1.165) is 29.9 Å². The van der Waals surface area contributed by atoms with E-state index in [1.54, 1.807) is 29.7 Å². The Morgan fingerprint density at radius 2 is 1.64 bits per heavy atom. The van der Waals surface area contributed by atoms with Gasteiger partial charge in [0.05, 0.1) is 12.2 Å². The second kappa shape index (κ2) is 9.57. The van der Waals surface area contributed by atoms with Gasteiger partial charge in [0.1, 0.15) is 0 Å². The van der Waals surface area contributed by atoms with Crippen LogP contribution < -0.4 is 0 Å². The highest BCUT2D eigenvalue weighted by Crippen LogP contribution is 2.25. The van der Waals surface area contributed by atoms with Gasteiger partial charge in [-0.05, 0) is 40.2 Å².